The van der Waals surface area contributed by atoms with Gasteiger partial charge in [-0.15, -0.1) is 0 Å². The molecule has 1 heterocycles. The molecule has 0 saturated carbocycles. The first kappa shape index (κ1) is 13.2. The predicted octanol–water partition coefficient (Wildman–Crippen LogP) is 3.09. The molecule has 3 rings (SSSR count). The van der Waals surface area contributed by atoms with Crippen molar-refractivity contribution in [1.82, 2.24) is 10.1 Å². The summed E-state index contributed by atoms with van der Waals surface area (Å²) in [5, 5.41) is 3.92. The molecule has 0 spiro atoms. The van der Waals surface area contributed by atoms with Crippen molar-refractivity contribution in [1.29, 1.82) is 0 Å². The van der Waals surface area contributed by atoms with Crippen LogP contribution in [0.4, 0.5) is 0 Å². The lowest BCUT2D eigenvalue weighted by molar-refractivity contribution is 0.0983. The minimum absolute atomic E-state index is 0.0227. The van der Waals surface area contributed by atoms with Gasteiger partial charge in [0.25, 0.3) is 0 Å². The lowest BCUT2D eigenvalue weighted by Gasteiger charge is -1.96. The molecule has 0 bridgehead atoms. The maximum Gasteiger partial charge on any atom is 0.234 e. The van der Waals surface area contributed by atoms with Crippen molar-refractivity contribution >= 4 is 5.78 Å². The van der Waals surface area contributed by atoms with E-state index in [4.69, 9.17) is 4.52 Å². The molecule has 104 valence electrons. The van der Waals surface area contributed by atoms with Gasteiger partial charge in [0.2, 0.25) is 5.89 Å². The van der Waals surface area contributed by atoms with E-state index in [1.807, 2.05) is 48.5 Å². The molecule has 0 saturated heterocycles. The fourth-order valence-corrected chi connectivity index (χ4v) is 2.08. The molecule has 0 aliphatic rings. The molecule has 0 radical (unpaired) electrons. The van der Waals surface area contributed by atoms with E-state index in [0.29, 0.717) is 23.7 Å². The van der Waals surface area contributed by atoms with E-state index in [1.54, 1.807) is 12.1 Å². The molecular formula is C17H14N2O2. The summed E-state index contributed by atoms with van der Waals surface area (Å²) in [6, 6.07) is 19.0. The first-order valence-electron chi connectivity index (χ1n) is 6.75. The standard InChI is InChI=1S/C17H14N2O2/c20-15(14-9-5-2-6-10-14)12-17-18-16(19-21-17)11-13-7-3-1-4-8-13/h1-10H,11-12H2. The first-order valence-corrected chi connectivity index (χ1v) is 6.75. The maximum atomic E-state index is 12.1. The van der Waals surface area contributed by atoms with Gasteiger partial charge in [0.05, 0.1) is 6.42 Å². The van der Waals surface area contributed by atoms with Crippen LogP contribution in [0.5, 0.6) is 0 Å². The SMILES string of the molecule is O=C(Cc1nc(Cc2ccccc2)no1)c1ccccc1. The molecule has 4 heteroatoms. The van der Waals surface area contributed by atoms with Gasteiger partial charge >= 0.3 is 0 Å². The van der Waals surface area contributed by atoms with Gasteiger partial charge in [-0.3, -0.25) is 4.79 Å². The Morgan fingerprint density at radius 3 is 2.33 bits per heavy atom. The normalized spacial score (nSPS) is 10.5. The van der Waals surface area contributed by atoms with Crippen molar-refractivity contribution < 1.29 is 9.32 Å². The molecule has 4 nitrogen and oxygen atoms in total. The Morgan fingerprint density at radius 1 is 0.952 bits per heavy atom. The van der Waals surface area contributed by atoms with Crippen molar-refractivity contribution in [2.75, 3.05) is 0 Å². The van der Waals surface area contributed by atoms with Crippen LogP contribution in [0.3, 0.4) is 0 Å². The Kier molecular flexibility index (Phi) is 3.87. The Hall–Kier alpha value is -2.75. The van der Waals surface area contributed by atoms with Crippen molar-refractivity contribution in [2.24, 2.45) is 0 Å². The van der Waals surface area contributed by atoms with E-state index < -0.39 is 0 Å². The summed E-state index contributed by atoms with van der Waals surface area (Å²) in [5.41, 5.74) is 1.76. The summed E-state index contributed by atoms with van der Waals surface area (Å²) in [7, 11) is 0. The average molecular weight is 278 g/mol. The summed E-state index contributed by atoms with van der Waals surface area (Å²) in [6.07, 6.45) is 0.732. The molecule has 2 aromatic carbocycles. The minimum atomic E-state index is -0.0227. The third kappa shape index (κ3) is 3.42. The van der Waals surface area contributed by atoms with Crippen molar-refractivity contribution in [3.05, 3.63) is 83.5 Å². The van der Waals surface area contributed by atoms with E-state index in [-0.39, 0.29) is 12.2 Å². The molecule has 0 N–H and O–H groups in total. The highest BCUT2D eigenvalue weighted by Crippen LogP contribution is 2.09. The van der Waals surface area contributed by atoms with Crippen molar-refractivity contribution in [2.45, 2.75) is 12.8 Å². The molecule has 0 atom stereocenters. The second kappa shape index (κ2) is 6.13. The van der Waals surface area contributed by atoms with Gasteiger partial charge in [0.15, 0.2) is 11.6 Å². The number of ketones is 1. The van der Waals surface area contributed by atoms with E-state index in [9.17, 15) is 4.79 Å². The Balaban J connectivity index is 1.67. The van der Waals surface area contributed by atoms with Gasteiger partial charge < -0.3 is 4.52 Å². The van der Waals surface area contributed by atoms with Crippen LogP contribution in [0.25, 0.3) is 0 Å². The van der Waals surface area contributed by atoms with Gasteiger partial charge in [-0.25, -0.2) is 0 Å². The monoisotopic (exact) mass is 278 g/mol. The summed E-state index contributed by atoms with van der Waals surface area (Å²) < 4.78 is 5.15. The highest BCUT2D eigenvalue weighted by molar-refractivity contribution is 5.96. The number of nitrogens with zero attached hydrogens (tertiary/aromatic N) is 2. The van der Waals surface area contributed by atoms with E-state index in [2.05, 4.69) is 10.1 Å². The first-order chi connectivity index (χ1) is 10.3. The van der Waals surface area contributed by atoms with E-state index >= 15 is 0 Å². The Morgan fingerprint density at radius 2 is 1.62 bits per heavy atom. The highest BCUT2D eigenvalue weighted by atomic mass is 16.5. The van der Waals surface area contributed by atoms with Crippen molar-refractivity contribution in [3.63, 3.8) is 0 Å². The lowest BCUT2D eigenvalue weighted by Crippen LogP contribution is -2.03. The topological polar surface area (TPSA) is 56.0 Å². The minimum Gasteiger partial charge on any atom is -0.339 e. The third-order valence-electron chi connectivity index (χ3n) is 3.12. The second-order valence-electron chi connectivity index (χ2n) is 4.73. The summed E-state index contributed by atoms with van der Waals surface area (Å²) >= 11 is 0. The number of hydrogen-bond acceptors (Lipinski definition) is 4. The fraction of sp³-hybridized carbons (Fsp3) is 0.118. The van der Waals surface area contributed by atoms with Crippen LogP contribution in [0.2, 0.25) is 0 Å². The fourth-order valence-electron chi connectivity index (χ4n) is 2.08. The number of hydrogen-bond donors (Lipinski definition) is 0. The Bertz CT molecular complexity index is 721. The summed E-state index contributed by atoms with van der Waals surface area (Å²) in [4.78, 5) is 16.3. The molecule has 0 aliphatic carbocycles. The predicted molar refractivity (Wildman–Crippen MR) is 78.0 cm³/mol. The molecule has 21 heavy (non-hydrogen) atoms. The number of benzene rings is 2. The third-order valence-corrected chi connectivity index (χ3v) is 3.12. The molecule has 0 aliphatic heterocycles. The number of Topliss-reactive ketones (excluding diaryl/α,β-unsaturated/α-hetero) is 1. The van der Waals surface area contributed by atoms with Gasteiger partial charge in [0, 0.05) is 12.0 Å². The van der Waals surface area contributed by atoms with E-state index in [0.717, 1.165) is 5.56 Å². The zero-order valence-electron chi connectivity index (χ0n) is 11.4. The molecule has 0 fully saturated rings. The number of rotatable bonds is 5. The van der Waals surface area contributed by atoms with Gasteiger partial charge in [-0.05, 0) is 5.56 Å². The number of aromatic nitrogens is 2. The molecule has 0 amide bonds. The van der Waals surface area contributed by atoms with Crippen LogP contribution < -0.4 is 0 Å². The van der Waals surface area contributed by atoms with Crippen molar-refractivity contribution in [3.8, 4) is 0 Å². The van der Waals surface area contributed by atoms with Gasteiger partial charge in [-0.2, -0.15) is 4.98 Å². The zero-order valence-corrected chi connectivity index (χ0v) is 11.4. The molecular weight excluding hydrogens is 264 g/mol. The highest BCUT2D eigenvalue weighted by Gasteiger charge is 2.13. The number of carbonyl (C=O) groups excluding carboxylic acids is 1. The smallest absolute Gasteiger partial charge is 0.234 e. The molecule has 3 aromatic rings. The summed E-state index contributed by atoms with van der Waals surface area (Å²) in [5.74, 6) is 0.928. The lowest BCUT2D eigenvalue weighted by atomic mass is 10.1. The largest absolute Gasteiger partial charge is 0.339 e. The van der Waals surface area contributed by atoms with Crippen LogP contribution in [0, 0.1) is 0 Å². The zero-order chi connectivity index (χ0) is 14.5. The van der Waals surface area contributed by atoms with E-state index in [1.165, 1.54) is 0 Å². The Labute approximate surface area is 122 Å². The molecule has 0 unspecified atom stereocenters. The number of carbonyl (C=O) groups is 1. The van der Waals surface area contributed by atoms with Crippen LogP contribution in [0.15, 0.2) is 65.2 Å². The van der Waals surface area contributed by atoms with Crippen LogP contribution >= 0.6 is 0 Å². The van der Waals surface area contributed by atoms with Gasteiger partial charge in [0.1, 0.15) is 0 Å². The van der Waals surface area contributed by atoms with Gasteiger partial charge in [-0.1, -0.05) is 65.8 Å². The van der Waals surface area contributed by atoms with Crippen LogP contribution in [-0.2, 0) is 12.8 Å². The second-order valence-corrected chi connectivity index (χ2v) is 4.73. The van der Waals surface area contributed by atoms with Crippen LogP contribution in [0.1, 0.15) is 27.6 Å². The molecule has 1 aromatic heterocycles. The quantitative estimate of drug-likeness (QED) is 0.673. The maximum absolute atomic E-state index is 12.1. The summed E-state index contributed by atoms with van der Waals surface area (Å²) in [6.45, 7) is 0. The average Bonchev–Trinajstić information content (AvgIpc) is 2.96. The van der Waals surface area contributed by atoms with Crippen LogP contribution in [-0.4, -0.2) is 15.9 Å².